The summed E-state index contributed by atoms with van der Waals surface area (Å²) in [5.41, 5.74) is 0.702. The number of rotatable bonds is 2. The third kappa shape index (κ3) is 3.18. The Balaban J connectivity index is 0.00000161. The first-order chi connectivity index (χ1) is 9.65. The Kier molecular flexibility index (Phi) is 4.82. The van der Waals surface area contributed by atoms with Crippen LogP contribution in [0.1, 0.15) is 0 Å². The summed E-state index contributed by atoms with van der Waals surface area (Å²) in [7, 11) is 0. The van der Waals surface area contributed by atoms with Crippen molar-refractivity contribution >= 4 is 46.4 Å². The molecule has 3 rings (SSSR count). The van der Waals surface area contributed by atoms with E-state index in [1.54, 1.807) is 12.1 Å². The second-order valence-corrected chi connectivity index (χ2v) is 5.07. The number of hydrogen-bond donors (Lipinski definition) is 1. The van der Waals surface area contributed by atoms with Gasteiger partial charge in [-0.2, -0.15) is 0 Å². The lowest BCUT2D eigenvalue weighted by Crippen LogP contribution is -2.43. The molecule has 0 aliphatic carbocycles. The monoisotopic (exact) mass is 328 g/mol. The first kappa shape index (κ1) is 15.8. The van der Waals surface area contributed by atoms with Gasteiger partial charge in [0.1, 0.15) is 5.82 Å². The van der Waals surface area contributed by atoms with Gasteiger partial charge in [0.2, 0.25) is 0 Å². The van der Waals surface area contributed by atoms with Gasteiger partial charge in [-0.15, -0.1) is 12.4 Å². The van der Waals surface area contributed by atoms with E-state index in [9.17, 15) is 10.1 Å². The van der Waals surface area contributed by atoms with Crippen LogP contribution in [-0.2, 0) is 0 Å². The number of nitro groups is 1. The number of halogens is 2. The van der Waals surface area contributed by atoms with Crippen LogP contribution < -0.4 is 10.2 Å². The van der Waals surface area contributed by atoms with Crippen LogP contribution in [-0.4, -0.2) is 36.1 Å². The molecule has 21 heavy (non-hydrogen) atoms. The Bertz CT molecular complexity index is 675. The Morgan fingerprint density at radius 1 is 1.29 bits per heavy atom. The summed E-state index contributed by atoms with van der Waals surface area (Å²) in [5, 5.41) is 15.2. The topological polar surface area (TPSA) is 71.3 Å². The van der Waals surface area contributed by atoms with E-state index in [1.165, 1.54) is 12.1 Å². The molecule has 1 aliphatic rings. The maximum Gasteiger partial charge on any atom is 0.270 e. The standard InChI is InChI=1S/C13H13ClN4O2.ClH/c14-11-8-13(17-5-3-15-4-6-17)16-12-2-1-9(18(19)20)7-10(11)12;/h1-2,7-8,15H,3-6H2;1H. The number of pyridine rings is 1. The fraction of sp³-hybridized carbons (Fsp3) is 0.308. The molecule has 0 amide bonds. The fourth-order valence-electron chi connectivity index (χ4n) is 2.33. The highest BCUT2D eigenvalue weighted by Crippen LogP contribution is 2.29. The molecular weight excluding hydrogens is 315 g/mol. The van der Waals surface area contributed by atoms with E-state index in [2.05, 4.69) is 15.2 Å². The van der Waals surface area contributed by atoms with Gasteiger partial charge in [-0.05, 0) is 12.1 Å². The molecule has 1 saturated heterocycles. The SMILES string of the molecule is Cl.O=[N+]([O-])c1ccc2nc(N3CCNCC3)cc(Cl)c2c1. The molecule has 1 aliphatic heterocycles. The Morgan fingerprint density at radius 3 is 2.67 bits per heavy atom. The second kappa shape index (κ2) is 6.43. The van der Waals surface area contributed by atoms with E-state index in [0.29, 0.717) is 15.9 Å². The number of non-ortho nitro benzene ring substituents is 1. The second-order valence-electron chi connectivity index (χ2n) is 4.66. The highest BCUT2D eigenvalue weighted by molar-refractivity contribution is 6.35. The lowest BCUT2D eigenvalue weighted by atomic mass is 10.2. The summed E-state index contributed by atoms with van der Waals surface area (Å²) in [5.74, 6) is 0.817. The third-order valence-corrected chi connectivity index (χ3v) is 3.69. The Labute approximate surface area is 132 Å². The molecule has 2 heterocycles. The minimum absolute atomic E-state index is 0. The number of aromatic nitrogens is 1. The molecule has 2 aromatic rings. The van der Waals surface area contributed by atoms with Crippen molar-refractivity contribution in [2.45, 2.75) is 0 Å². The molecule has 1 N–H and O–H groups in total. The zero-order valence-corrected chi connectivity index (χ0v) is 12.7. The van der Waals surface area contributed by atoms with Crippen molar-refractivity contribution in [1.29, 1.82) is 0 Å². The summed E-state index contributed by atoms with van der Waals surface area (Å²) >= 11 is 6.25. The molecule has 6 nitrogen and oxygen atoms in total. The van der Waals surface area contributed by atoms with E-state index >= 15 is 0 Å². The summed E-state index contributed by atoms with van der Waals surface area (Å²) in [4.78, 5) is 17.1. The number of anilines is 1. The van der Waals surface area contributed by atoms with Crippen molar-refractivity contribution in [3.8, 4) is 0 Å². The summed E-state index contributed by atoms with van der Waals surface area (Å²) in [6.07, 6.45) is 0. The van der Waals surface area contributed by atoms with E-state index in [0.717, 1.165) is 32.0 Å². The lowest BCUT2D eigenvalue weighted by Gasteiger charge is -2.28. The molecule has 0 radical (unpaired) electrons. The van der Waals surface area contributed by atoms with Crippen molar-refractivity contribution in [1.82, 2.24) is 10.3 Å². The predicted molar refractivity (Wildman–Crippen MR) is 85.7 cm³/mol. The lowest BCUT2D eigenvalue weighted by molar-refractivity contribution is -0.384. The first-order valence-corrected chi connectivity index (χ1v) is 6.73. The highest BCUT2D eigenvalue weighted by Gasteiger charge is 2.15. The predicted octanol–water partition coefficient (Wildman–Crippen LogP) is 2.63. The molecule has 112 valence electrons. The maximum absolute atomic E-state index is 10.8. The third-order valence-electron chi connectivity index (χ3n) is 3.38. The van der Waals surface area contributed by atoms with E-state index in [1.807, 2.05) is 0 Å². The van der Waals surface area contributed by atoms with Gasteiger partial charge >= 0.3 is 0 Å². The van der Waals surface area contributed by atoms with Gasteiger partial charge in [0.05, 0.1) is 15.5 Å². The van der Waals surface area contributed by atoms with E-state index in [-0.39, 0.29) is 18.1 Å². The number of hydrogen-bond acceptors (Lipinski definition) is 5. The zero-order valence-electron chi connectivity index (χ0n) is 11.1. The molecule has 0 atom stereocenters. The maximum atomic E-state index is 10.8. The number of fused-ring (bicyclic) bond motifs is 1. The largest absolute Gasteiger partial charge is 0.354 e. The summed E-state index contributed by atoms with van der Waals surface area (Å²) in [6.45, 7) is 3.58. The molecule has 1 aromatic heterocycles. The quantitative estimate of drug-likeness (QED) is 0.677. The average Bonchev–Trinajstić information content (AvgIpc) is 2.47. The van der Waals surface area contributed by atoms with Crippen molar-refractivity contribution < 1.29 is 4.92 Å². The van der Waals surface area contributed by atoms with Crippen LogP contribution in [0.5, 0.6) is 0 Å². The van der Waals surface area contributed by atoms with Crippen LogP contribution >= 0.6 is 24.0 Å². The average molecular weight is 329 g/mol. The van der Waals surface area contributed by atoms with Gasteiger partial charge in [0.25, 0.3) is 5.69 Å². The van der Waals surface area contributed by atoms with Crippen molar-refractivity contribution in [2.75, 3.05) is 31.1 Å². The van der Waals surface area contributed by atoms with Crippen molar-refractivity contribution in [3.63, 3.8) is 0 Å². The van der Waals surface area contributed by atoms with E-state index in [4.69, 9.17) is 11.6 Å². The van der Waals surface area contributed by atoms with Gasteiger partial charge in [-0.25, -0.2) is 4.98 Å². The first-order valence-electron chi connectivity index (χ1n) is 6.35. The van der Waals surface area contributed by atoms with Gasteiger partial charge in [0.15, 0.2) is 0 Å². The van der Waals surface area contributed by atoms with Crippen LogP contribution in [0.25, 0.3) is 10.9 Å². The van der Waals surface area contributed by atoms with Crippen LogP contribution in [0.2, 0.25) is 5.02 Å². The normalized spacial score (nSPS) is 14.8. The molecule has 8 heteroatoms. The van der Waals surface area contributed by atoms with Gasteiger partial charge in [-0.3, -0.25) is 10.1 Å². The molecule has 1 aromatic carbocycles. The number of nitrogens with one attached hydrogen (secondary N) is 1. The molecule has 0 saturated carbocycles. The van der Waals surface area contributed by atoms with Crippen LogP contribution in [0.15, 0.2) is 24.3 Å². The number of nitro benzene ring substituents is 1. The van der Waals surface area contributed by atoms with E-state index < -0.39 is 4.92 Å². The Hall–Kier alpha value is -1.63. The van der Waals surface area contributed by atoms with Gasteiger partial charge in [0, 0.05) is 43.7 Å². The molecule has 0 spiro atoms. The minimum atomic E-state index is -0.431. The van der Waals surface area contributed by atoms with Gasteiger partial charge < -0.3 is 10.2 Å². The fourth-order valence-corrected chi connectivity index (χ4v) is 2.58. The molecule has 0 unspecified atom stereocenters. The summed E-state index contributed by atoms with van der Waals surface area (Å²) < 4.78 is 0. The van der Waals surface area contributed by atoms with Gasteiger partial charge in [-0.1, -0.05) is 11.6 Å². The molecule has 0 bridgehead atoms. The minimum Gasteiger partial charge on any atom is -0.354 e. The van der Waals surface area contributed by atoms with Crippen molar-refractivity contribution in [2.24, 2.45) is 0 Å². The van der Waals surface area contributed by atoms with Crippen LogP contribution in [0.4, 0.5) is 11.5 Å². The van der Waals surface area contributed by atoms with Crippen LogP contribution in [0.3, 0.4) is 0 Å². The Morgan fingerprint density at radius 2 is 2.00 bits per heavy atom. The number of nitrogens with zero attached hydrogens (tertiary/aromatic N) is 3. The van der Waals surface area contributed by atoms with Crippen LogP contribution in [0, 0.1) is 10.1 Å². The van der Waals surface area contributed by atoms with Crippen molar-refractivity contribution in [3.05, 3.63) is 39.4 Å². The zero-order chi connectivity index (χ0) is 14.1. The number of piperazine rings is 1. The molecular formula is C13H14Cl2N4O2. The summed E-state index contributed by atoms with van der Waals surface area (Å²) in [6, 6.07) is 6.34. The molecule has 1 fully saturated rings. The smallest absolute Gasteiger partial charge is 0.270 e. The highest BCUT2D eigenvalue weighted by atomic mass is 35.5. The number of benzene rings is 1.